The topological polar surface area (TPSA) is 50.8 Å². The third-order valence-corrected chi connectivity index (χ3v) is 2.82. The predicted molar refractivity (Wildman–Crippen MR) is 74.7 cm³/mol. The van der Waals surface area contributed by atoms with Crippen molar-refractivity contribution in [3.63, 3.8) is 0 Å². The minimum absolute atomic E-state index is 0.102. The van der Waals surface area contributed by atoms with Crippen LogP contribution in [0.15, 0.2) is 18.2 Å². The standard InChI is InChI=1S/C14H21FN2O3/c1-16-6-7-17(2)8-9-20-13-5-4-11(15)10-12(13)14(18)19-3/h4-5,10,16H,6-9H2,1-3H3. The number of carbonyl (C=O) groups excluding carboxylic acids is 1. The van der Waals surface area contributed by atoms with E-state index in [1.165, 1.54) is 19.2 Å². The molecule has 0 aromatic heterocycles. The molecule has 0 unspecified atom stereocenters. The number of nitrogens with one attached hydrogen (secondary N) is 1. The summed E-state index contributed by atoms with van der Waals surface area (Å²) in [4.78, 5) is 13.6. The van der Waals surface area contributed by atoms with Crippen LogP contribution in [-0.2, 0) is 4.74 Å². The minimum Gasteiger partial charge on any atom is -0.491 e. The van der Waals surface area contributed by atoms with E-state index in [0.717, 1.165) is 19.2 Å². The Morgan fingerprint density at radius 2 is 2.15 bits per heavy atom. The normalized spacial score (nSPS) is 10.7. The third kappa shape index (κ3) is 5.14. The fourth-order valence-corrected chi connectivity index (χ4v) is 1.62. The summed E-state index contributed by atoms with van der Waals surface area (Å²) in [6, 6.07) is 3.81. The maximum absolute atomic E-state index is 13.2. The van der Waals surface area contributed by atoms with Crippen molar-refractivity contribution in [2.45, 2.75) is 0 Å². The smallest absolute Gasteiger partial charge is 0.341 e. The van der Waals surface area contributed by atoms with Crippen LogP contribution in [0.25, 0.3) is 0 Å². The second-order valence-electron chi connectivity index (χ2n) is 4.39. The molecule has 112 valence electrons. The number of benzene rings is 1. The summed E-state index contributed by atoms with van der Waals surface area (Å²) in [6.07, 6.45) is 0. The SMILES string of the molecule is CNCCN(C)CCOc1ccc(F)cc1C(=O)OC. The maximum atomic E-state index is 13.2. The first-order valence-electron chi connectivity index (χ1n) is 6.42. The predicted octanol–water partition coefficient (Wildman–Crippen LogP) is 1.14. The van der Waals surface area contributed by atoms with Gasteiger partial charge in [0, 0.05) is 19.6 Å². The molecular weight excluding hydrogens is 263 g/mol. The van der Waals surface area contributed by atoms with Gasteiger partial charge < -0.3 is 19.7 Å². The van der Waals surface area contributed by atoms with E-state index < -0.39 is 11.8 Å². The third-order valence-electron chi connectivity index (χ3n) is 2.82. The number of hydrogen-bond acceptors (Lipinski definition) is 5. The molecule has 0 aliphatic rings. The number of esters is 1. The molecule has 0 atom stereocenters. The molecule has 6 heteroatoms. The van der Waals surface area contributed by atoms with Crippen LogP contribution in [0.5, 0.6) is 5.75 Å². The molecule has 0 radical (unpaired) electrons. The van der Waals surface area contributed by atoms with Crippen LogP contribution in [0.2, 0.25) is 0 Å². The molecule has 0 aliphatic carbocycles. The number of nitrogens with zero attached hydrogens (tertiary/aromatic N) is 1. The largest absolute Gasteiger partial charge is 0.491 e. The number of halogens is 1. The van der Waals surface area contributed by atoms with Crippen LogP contribution in [0, 0.1) is 5.82 Å². The zero-order chi connectivity index (χ0) is 15.0. The summed E-state index contributed by atoms with van der Waals surface area (Å²) in [6.45, 7) is 2.91. The van der Waals surface area contributed by atoms with Gasteiger partial charge in [0.25, 0.3) is 0 Å². The van der Waals surface area contributed by atoms with Gasteiger partial charge in [0.15, 0.2) is 0 Å². The van der Waals surface area contributed by atoms with Gasteiger partial charge in [-0.25, -0.2) is 9.18 Å². The van der Waals surface area contributed by atoms with Gasteiger partial charge in [0.2, 0.25) is 0 Å². The van der Waals surface area contributed by atoms with E-state index in [1.54, 1.807) is 0 Å². The summed E-state index contributed by atoms with van der Waals surface area (Å²) in [5.74, 6) is -0.771. The van der Waals surface area contributed by atoms with E-state index in [-0.39, 0.29) is 5.56 Å². The van der Waals surface area contributed by atoms with Crippen LogP contribution in [0.4, 0.5) is 4.39 Å². The van der Waals surface area contributed by atoms with Gasteiger partial charge in [0.05, 0.1) is 7.11 Å². The van der Waals surface area contributed by atoms with E-state index in [0.29, 0.717) is 18.9 Å². The van der Waals surface area contributed by atoms with Gasteiger partial charge in [-0.3, -0.25) is 0 Å². The summed E-state index contributed by atoms with van der Waals surface area (Å²) in [5.41, 5.74) is 0.102. The highest BCUT2D eigenvalue weighted by molar-refractivity contribution is 5.92. The molecule has 20 heavy (non-hydrogen) atoms. The Hall–Kier alpha value is -1.66. The number of likely N-dealkylation sites (N-methyl/N-ethyl adjacent to an activating group) is 2. The van der Waals surface area contributed by atoms with Crippen LogP contribution < -0.4 is 10.1 Å². The van der Waals surface area contributed by atoms with Gasteiger partial charge in [-0.15, -0.1) is 0 Å². The Morgan fingerprint density at radius 1 is 1.40 bits per heavy atom. The Bertz CT molecular complexity index is 440. The monoisotopic (exact) mass is 284 g/mol. The highest BCUT2D eigenvalue weighted by Gasteiger charge is 2.14. The van der Waals surface area contributed by atoms with Gasteiger partial charge >= 0.3 is 5.97 Å². The fourth-order valence-electron chi connectivity index (χ4n) is 1.62. The van der Waals surface area contributed by atoms with Crippen molar-refractivity contribution in [1.82, 2.24) is 10.2 Å². The molecule has 0 bridgehead atoms. The molecule has 0 amide bonds. The second-order valence-corrected chi connectivity index (χ2v) is 4.39. The summed E-state index contributed by atoms with van der Waals surface area (Å²) < 4.78 is 23.3. The fraction of sp³-hybridized carbons (Fsp3) is 0.500. The van der Waals surface area contributed by atoms with Crippen LogP contribution in [0.1, 0.15) is 10.4 Å². The first kappa shape index (κ1) is 16.4. The highest BCUT2D eigenvalue weighted by atomic mass is 19.1. The van der Waals surface area contributed by atoms with Gasteiger partial charge in [-0.05, 0) is 32.3 Å². The number of hydrogen-bond donors (Lipinski definition) is 1. The Labute approximate surface area is 118 Å². The van der Waals surface area contributed by atoms with Gasteiger partial charge in [-0.2, -0.15) is 0 Å². The summed E-state index contributed by atoms with van der Waals surface area (Å²) in [5, 5.41) is 3.06. The van der Waals surface area contributed by atoms with Crippen molar-refractivity contribution in [3.8, 4) is 5.75 Å². The summed E-state index contributed by atoms with van der Waals surface area (Å²) >= 11 is 0. The average Bonchev–Trinajstić information content (AvgIpc) is 2.45. The van der Waals surface area contributed by atoms with Crippen LogP contribution >= 0.6 is 0 Å². The van der Waals surface area contributed by atoms with Gasteiger partial charge in [0.1, 0.15) is 23.7 Å². The second kappa shape index (κ2) is 8.50. The molecule has 0 saturated heterocycles. The lowest BCUT2D eigenvalue weighted by Gasteiger charge is -2.17. The van der Waals surface area contributed by atoms with E-state index in [2.05, 4.69) is 15.0 Å². The van der Waals surface area contributed by atoms with E-state index in [1.807, 2.05) is 14.1 Å². The molecule has 5 nitrogen and oxygen atoms in total. The Balaban J connectivity index is 2.57. The zero-order valence-corrected chi connectivity index (χ0v) is 12.1. The minimum atomic E-state index is -0.608. The molecule has 1 N–H and O–H groups in total. The van der Waals surface area contributed by atoms with Crippen molar-refractivity contribution in [2.24, 2.45) is 0 Å². The molecule has 0 saturated carbocycles. The van der Waals surface area contributed by atoms with E-state index in [4.69, 9.17) is 4.74 Å². The first-order chi connectivity index (χ1) is 9.58. The van der Waals surface area contributed by atoms with Crippen molar-refractivity contribution < 1.29 is 18.7 Å². The number of methoxy groups -OCH3 is 1. The number of carbonyl (C=O) groups is 1. The lowest BCUT2D eigenvalue weighted by molar-refractivity contribution is 0.0595. The molecule has 0 heterocycles. The van der Waals surface area contributed by atoms with Crippen molar-refractivity contribution >= 4 is 5.97 Å². The molecule has 0 spiro atoms. The quantitative estimate of drug-likeness (QED) is 0.726. The molecule has 1 rings (SSSR count). The van der Waals surface area contributed by atoms with E-state index >= 15 is 0 Å². The molecule has 1 aromatic rings. The summed E-state index contributed by atoms with van der Waals surface area (Å²) in [7, 11) is 5.13. The molecule has 0 aliphatic heterocycles. The molecular formula is C14H21FN2O3. The lowest BCUT2D eigenvalue weighted by Crippen LogP contribution is -2.30. The highest BCUT2D eigenvalue weighted by Crippen LogP contribution is 2.20. The average molecular weight is 284 g/mol. The lowest BCUT2D eigenvalue weighted by atomic mass is 10.2. The van der Waals surface area contributed by atoms with E-state index in [9.17, 15) is 9.18 Å². The van der Waals surface area contributed by atoms with Crippen LogP contribution in [-0.4, -0.2) is 58.3 Å². The zero-order valence-electron chi connectivity index (χ0n) is 12.1. The van der Waals surface area contributed by atoms with Crippen LogP contribution in [0.3, 0.4) is 0 Å². The number of rotatable bonds is 8. The van der Waals surface area contributed by atoms with Crippen molar-refractivity contribution in [3.05, 3.63) is 29.6 Å². The van der Waals surface area contributed by atoms with Crippen molar-refractivity contribution in [2.75, 3.05) is 47.4 Å². The van der Waals surface area contributed by atoms with Crippen molar-refractivity contribution in [1.29, 1.82) is 0 Å². The Morgan fingerprint density at radius 3 is 2.80 bits per heavy atom. The van der Waals surface area contributed by atoms with Gasteiger partial charge in [-0.1, -0.05) is 0 Å². The molecule has 0 fully saturated rings. The first-order valence-corrected chi connectivity index (χ1v) is 6.42. The Kier molecular flexibility index (Phi) is 6.97. The maximum Gasteiger partial charge on any atom is 0.341 e. The number of ether oxygens (including phenoxy) is 2. The molecule has 1 aromatic carbocycles.